The van der Waals surface area contributed by atoms with Gasteiger partial charge in [-0.25, -0.2) is 0 Å². The number of amides is 1. The first-order valence-corrected chi connectivity index (χ1v) is 6.72. The molecule has 100 valence electrons. The summed E-state index contributed by atoms with van der Waals surface area (Å²) in [4.78, 5) is 12.9. The van der Waals surface area contributed by atoms with Gasteiger partial charge in [0.2, 0.25) is 5.91 Å². The van der Waals surface area contributed by atoms with E-state index >= 15 is 0 Å². The maximum absolute atomic E-state index is 11.8. The highest BCUT2D eigenvalue weighted by molar-refractivity contribution is 8.00. The Morgan fingerprint density at radius 3 is 2.89 bits per heavy atom. The molecule has 1 unspecified atom stereocenters. The van der Waals surface area contributed by atoms with Crippen molar-refractivity contribution in [2.24, 2.45) is 0 Å². The van der Waals surface area contributed by atoms with Gasteiger partial charge in [0.1, 0.15) is 0 Å². The van der Waals surface area contributed by atoms with Gasteiger partial charge in [-0.2, -0.15) is 0 Å². The van der Waals surface area contributed by atoms with Crippen LogP contribution in [0.3, 0.4) is 0 Å². The third-order valence-electron chi connectivity index (χ3n) is 2.48. The van der Waals surface area contributed by atoms with Crippen molar-refractivity contribution in [3.8, 4) is 0 Å². The van der Waals surface area contributed by atoms with E-state index in [1.807, 2.05) is 32.0 Å². The lowest BCUT2D eigenvalue weighted by Crippen LogP contribution is -2.33. The van der Waals surface area contributed by atoms with Crippen LogP contribution in [0.15, 0.2) is 23.1 Å². The van der Waals surface area contributed by atoms with Gasteiger partial charge >= 0.3 is 0 Å². The Morgan fingerprint density at radius 1 is 1.56 bits per heavy atom. The molecule has 0 aliphatic heterocycles. The van der Waals surface area contributed by atoms with E-state index < -0.39 is 0 Å². The van der Waals surface area contributed by atoms with Crippen molar-refractivity contribution in [3.63, 3.8) is 0 Å². The summed E-state index contributed by atoms with van der Waals surface area (Å²) in [5, 5.41) is 2.69. The van der Waals surface area contributed by atoms with Crippen LogP contribution in [0, 0.1) is 6.92 Å². The number of hydrogen-bond donors (Lipinski definition) is 2. The highest BCUT2D eigenvalue weighted by Gasteiger charge is 2.14. The Balaban J connectivity index is 2.53. The van der Waals surface area contributed by atoms with Gasteiger partial charge in [-0.1, -0.05) is 0 Å². The second kappa shape index (κ2) is 7.28. The van der Waals surface area contributed by atoms with E-state index in [2.05, 4.69) is 5.32 Å². The molecule has 0 aliphatic carbocycles. The lowest BCUT2D eigenvalue weighted by molar-refractivity contribution is -0.120. The highest BCUT2D eigenvalue weighted by Crippen LogP contribution is 2.27. The molecule has 0 saturated carbocycles. The smallest absolute Gasteiger partial charge is 0.233 e. The van der Waals surface area contributed by atoms with Crippen LogP contribution in [0.25, 0.3) is 0 Å². The van der Waals surface area contributed by atoms with E-state index in [0.29, 0.717) is 13.2 Å². The number of carbonyl (C=O) groups excluding carboxylic acids is 1. The summed E-state index contributed by atoms with van der Waals surface area (Å²) in [6.45, 7) is 4.96. The van der Waals surface area contributed by atoms with Crippen LogP contribution < -0.4 is 11.1 Å². The summed E-state index contributed by atoms with van der Waals surface area (Å²) in [6.07, 6.45) is 0. The van der Waals surface area contributed by atoms with Gasteiger partial charge in [-0.3, -0.25) is 4.79 Å². The zero-order valence-corrected chi connectivity index (χ0v) is 11.8. The molecule has 1 aromatic rings. The molecular formula is C13H20N2O2S. The van der Waals surface area contributed by atoms with Gasteiger partial charge in [0.05, 0.1) is 11.9 Å². The molecule has 1 atom stereocenters. The average molecular weight is 268 g/mol. The predicted octanol–water partition coefficient (Wildman–Crippen LogP) is 1.82. The molecule has 1 aromatic carbocycles. The van der Waals surface area contributed by atoms with Crippen LogP contribution in [0.2, 0.25) is 0 Å². The van der Waals surface area contributed by atoms with Crippen molar-refractivity contribution in [2.45, 2.75) is 24.0 Å². The van der Waals surface area contributed by atoms with E-state index in [1.165, 1.54) is 11.8 Å². The molecule has 3 N–H and O–H groups in total. The topological polar surface area (TPSA) is 64.3 Å². The van der Waals surface area contributed by atoms with Gasteiger partial charge < -0.3 is 15.8 Å². The van der Waals surface area contributed by atoms with Gasteiger partial charge in [0.15, 0.2) is 0 Å². The lowest BCUT2D eigenvalue weighted by atomic mass is 10.2. The second-order valence-electron chi connectivity index (χ2n) is 4.07. The van der Waals surface area contributed by atoms with E-state index in [1.54, 1.807) is 7.11 Å². The van der Waals surface area contributed by atoms with Crippen molar-refractivity contribution in [3.05, 3.63) is 23.8 Å². The third-order valence-corrected chi connectivity index (χ3v) is 3.76. The second-order valence-corrected chi connectivity index (χ2v) is 5.45. The molecule has 4 nitrogen and oxygen atoms in total. The molecule has 0 aromatic heterocycles. The Bertz CT molecular complexity index is 410. The largest absolute Gasteiger partial charge is 0.399 e. The van der Waals surface area contributed by atoms with Crippen molar-refractivity contribution in [1.82, 2.24) is 5.32 Å². The zero-order chi connectivity index (χ0) is 13.5. The van der Waals surface area contributed by atoms with Crippen molar-refractivity contribution in [2.75, 3.05) is 26.0 Å². The van der Waals surface area contributed by atoms with Crippen molar-refractivity contribution < 1.29 is 9.53 Å². The molecule has 0 heterocycles. The Labute approximate surface area is 112 Å². The minimum atomic E-state index is -0.135. The van der Waals surface area contributed by atoms with E-state index in [-0.39, 0.29) is 11.2 Å². The summed E-state index contributed by atoms with van der Waals surface area (Å²) >= 11 is 1.54. The fraction of sp³-hybridized carbons (Fsp3) is 0.462. The van der Waals surface area contributed by atoms with E-state index in [4.69, 9.17) is 10.5 Å². The molecule has 0 saturated heterocycles. The molecular weight excluding hydrogens is 248 g/mol. The van der Waals surface area contributed by atoms with Crippen LogP contribution in [0.1, 0.15) is 12.5 Å². The molecule has 1 amide bonds. The number of hydrogen-bond acceptors (Lipinski definition) is 4. The number of nitrogens with two attached hydrogens (primary N) is 1. The first kappa shape index (κ1) is 14.9. The minimum absolute atomic E-state index is 0.0216. The summed E-state index contributed by atoms with van der Waals surface area (Å²) in [5.41, 5.74) is 7.54. The molecule has 0 spiro atoms. The third kappa shape index (κ3) is 4.58. The van der Waals surface area contributed by atoms with Crippen LogP contribution in [-0.4, -0.2) is 31.4 Å². The predicted molar refractivity (Wildman–Crippen MR) is 75.8 cm³/mol. The number of nitrogens with one attached hydrogen (secondary N) is 1. The minimum Gasteiger partial charge on any atom is -0.399 e. The first-order valence-electron chi connectivity index (χ1n) is 5.84. The normalized spacial score (nSPS) is 12.2. The molecule has 0 aliphatic rings. The van der Waals surface area contributed by atoms with Crippen LogP contribution in [-0.2, 0) is 9.53 Å². The molecule has 5 heteroatoms. The van der Waals surface area contributed by atoms with E-state index in [9.17, 15) is 4.79 Å². The number of aryl methyl sites for hydroxylation is 1. The standard InChI is InChI=1S/C13H20N2O2S/c1-9-8-11(14)4-5-12(9)18-10(2)13(16)15-6-7-17-3/h4-5,8,10H,6-7,14H2,1-3H3,(H,15,16). The zero-order valence-electron chi connectivity index (χ0n) is 11.0. The number of benzene rings is 1. The number of nitrogen functional groups attached to an aromatic ring is 1. The number of rotatable bonds is 6. The number of anilines is 1. The number of methoxy groups -OCH3 is 1. The van der Waals surface area contributed by atoms with Crippen molar-refractivity contribution >= 4 is 23.4 Å². The number of thioether (sulfide) groups is 1. The van der Waals surface area contributed by atoms with Crippen LogP contribution >= 0.6 is 11.8 Å². The fourth-order valence-corrected chi connectivity index (χ4v) is 2.43. The molecule has 0 fully saturated rings. The van der Waals surface area contributed by atoms with Gasteiger partial charge in [0.25, 0.3) is 0 Å². The quantitative estimate of drug-likeness (QED) is 0.469. The van der Waals surface area contributed by atoms with Crippen molar-refractivity contribution in [1.29, 1.82) is 0 Å². The van der Waals surface area contributed by atoms with Gasteiger partial charge in [-0.15, -0.1) is 11.8 Å². The summed E-state index contributed by atoms with van der Waals surface area (Å²) in [7, 11) is 1.61. The Morgan fingerprint density at radius 2 is 2.28 bits per heavy atom. The fourth-order valence-electron chi connectivity index (χ4n) is 1.47. The maximum Gasteiger partial charge on any atom is 0.233 e. The summed E-state index contributed by atoms with van der Waals surface area (Å²) in [6, 6.07) is 5.72. The van der Waals surface area contributed by atoms with Gasteiger partial charge in [-0.05, 0) is 37.6 Å². The molecule has 0 radical (unpaired) electrons. The summed E-state index contributed by atoms with van der Waals surface area (Å²) < 4.78 is 4.89. The molecule has 1 rings (SSSR count). The number of carbonyl (C=O) groups is 1. The number of ether oxygens (including phenoxy) is 1. The Hall–Kier alpha value is -1.20. The van der Waals surface area contributed by atoms with Crippen LogP contribution in [0.5, 0.6) is 0 Å². The average Bonchev–Trinajstić information content (AvgIpc) is 2.32. The highest BCUT2D eigenvalue weighted by atomic mass is 32.2. The van der Waals surface area contributed by atoms with Gasteiger partial charge in [0, 0.05) is 24.2 Å². The molecule has 18 heavy (non-hydrogen) atoms. The monoisotopic (exact) mass is 268 g/mol. The molecule has 0 bridgehead atoms. The maximum atomic E-state index is 11.8. The van der Waals surface area contributed by atoms with Crippen LogP contribution in [0.4, 0.5) is 5.69 Å². The Kier molecular flexibility index (Phi) is 6.01. The first-order chi connectivity index (χ1) is 8.54. The SMILES string of the molecule is COCCNC(=O)C(C)Sc1ccc(N)cc1C. The summed E-state index contributed by atoms with van der Waals surface area (Å²) in [5.74, 6) is 0.0216. The lowest BCUT2D eigenvalue weighted by Gasteiger charge is -2.13. The van der Waals surface area contributed by atoms with E-state index in [0.717, 1.165) is 16.1 Å².